The summed E-state index contributed by atoms with van der Waals surface area (Å²) in [6.45, 7) is 4.49. The van der Waals surface area contributed by atoms with E-state index in [0.29, 0.717) is 26.2 Å². The van der Waals surface area contributed by atoms with Gasteiger partial charge in [0.2, 0.25) is 0 Å². The van der Waals surface area contributed by atoms with Gasteiger partial charge in [0, 0.05) is 38.6 Å². The van der Waals surface area contributed by atoms with Crippen molar-refractivity contribution in [2.45, 2.75) is 13.5 Å². The zero-order chi connectivity index (χ0) is 16.9. The Bertz CT molecular complexity index is 717. The Morgan fingerprint density at radius 1 is 1.21 bits per heavy atom. The Morgan fingerprint density at radius 3 is 2.71 bits per heavy atom. The molecular formula is C16H19FN6O. The normalized spacial score (nSPS) is 14.6. The van der Waals surface area contributed by atoms with Crippen LogP contribution in [0.5, 0.6) is 0 Å². The molecule has 0 bridgehead atoms. The fraction of sp³-hybridized carbons (Fsp3) is 0.375. The van der Waals surface area contributed by atoms with Gasteiger partial charge in [-0.25, -0.2) is 19.2 Å². The highest BCUT2D eigenvalue weighted by atomic mass is 19.1. The van der Waals surface area contributed by atoms with Gasteiger partial charge in [-0.2, -0.15) is 0 Å². The van der Waals surface area contributed by atoms with E-state index in [1.807, 2.05) is 13.0 Å². The third-order valence-corrected chi connectivity index (χ3v) is 3.89. The molecule has 126 valence electrons. The number of carbonyl (C=O) groups excluding carboxylic acids is 1. The molecule has 24 heavy (non-hydrogen) atoms. The minimum absolute atomic E-state index is 0.0802. The van der Waals surface area contributed by atoms with Crippen LogP contribution in [0, 0.1) is 12.7 Å². The van der Waals surface area contributed by atoms with Crippen LogP contribution < -0.4 is 10.2 Å². The van der Waals surface area contributed by atoms with Crippen LogP contribution in [-0.4, -0.2) is 52.1 Å². The SMILES string of the molecule is Cc1nccc(N2CCN(C(=O)NCc3ncccc3F)CC2)n1. The maximum absolute atomic E-state index is 13.5. The Balaban J connectivity index is 1.51. The smallest absolute Gasteiger partial charge is 0.317 e. The number of nitrogens with one attached hydrogen (secondary N) is 1. The lowest BCUT2D eigenvalue weighted by Crippen LogP contribution is -2.52. The molecule has 1 aliphatic rings. The number of urea groups is 1. The molecule has 1 aliphatic heterocycles. The Kier molecular flexibility index (Phi) is 4.83. The van der Waals surface area contributed by atoms with E-state index in [4.69, 9.17) is 0 Å². The molecule has 1 fully saturated rings. The van der Waals surface area contributed by atoms with Crippen molar-refractivity contribution >= 4 is 11.8 Å². The standard InChI is InChI=1S/C16H19FN6O/c1-12-18-6-4-15(21-12)22-7-9-23(10-8-22)16(24)20-11-14-13(17)3-2-5-19-14/h2-6H,7-11H2,1H3,(H,20,24). The maximum Gasteiger partial charge on any atom is 0.317 e. The summed E-state index contributed by atoms with van der Waals surface area (Å²) in [7, 11) is 0. The molecular weight excluding hydrogens is 311 g/mol. The molecule has 8 heteroatoms. The third-order valence-electron chi connectivity index (χ3n) is 3.89. The molecule has 0 radical (unpaired) electrons. The van der Waals surface area contributed by atoms with E-state index in [1.165, 1.54) is 18.3 Å². The molecule has 0 aliphatic carbocycles. The first-order chi connectivity index (χ1) is 11.6. The number of anilines is 1. The highest BCUT2D eigenvalue weighted by molar-refractivity contribution is 5.74. The van der Waals surface area contributed by atoms with E-state index in [-0.39, 0.29) is 18.3 Å². The number of carbonyl (C=O) groups is 1. The summed E-state index contributed by atoms with van der Waals surface area (Å²) in [5, 5.41) is 2.71. The van der Waals surface area contributed by atoms with Gasteiger partial charge in [0.05, 0.1) is 12.2 Å². The van der Waals surface area contributed by atoms with Crippen LogP contribution in [0.2, 0.25) is 0 Å². The molecule has 0 atom stereocenters. The molecule has 1 N–H and O–H groups in total. The van der Waals surface area contributed by atoms with Gasteiger partial charge in [0.1, 0.15) is 17.5 Å². The Morgan fingerprint density at radius 2 is 2.00 bits per heavy atom. The van der Waals surface area contributed by atoms with Gasteiger partial charge in [-0.1, -0.05) is 0 Å². The Labute approximate surface area is 139 Å². The molecule has 2 aromatic rings. The maximum atomic E-state index is 13.5. The van der Waals surface area contributed by atoms with E-state index in [2.05, 4.69) is 25.2 Å². The second-order valence-corrected chi connectivity index (χ2v) is 5.53. The summed E-state index contributed by atoms with van der Waals surface area (Å²) in [4.78, 5) is 28.4. The summed E-state index contributed by atoms with van der Waals surface area (Å²) >= 11 is 0. The summed E-state index contributed by atoms with van der Waals surface area (Å²) < 4.78 is 13.5. The number of rotatable bonds is 3. The first-order valence-corrected chi connectivity index (χ1v) is 7.80. The van der Waals surface area contributed by atoms with E-state index in [0.717, 1.165) is 11.6 Å². The molecule has 3 heterocycles. The van der Waals surface area contributed by atoms with E-state index in [1.54, 1.807) is 11.1 Å². The number of halogens is 1. The largest absolute Gasteiger partial charge is 0.353 e. The first kappa shape index (κ1) is 16.1. The number of aryl methyl sites for hydroxylation is 1. The highest BCUT2D eigenvalue weighted by Crippen LogP contribution is 2.13. The number of pyridine rings is 1. The van der Waals surface area contributed by atoms with Crippen molar-refractivity contribution in [2.75, 3.05) is 31.1 Å². The second-order valence-electron chi connectivity index (χ2n) is 5.53. The fourth-order valence-electron chi connectivity index (χ4n) is 2.58. The average molecular weight is 330 g/mol. The lowest BCUT2D eigenvalue weighted by atomic mass is 10.3. The van der Waals surface area contributed by atoms with E-state index < -0.39 is 5.82 Å². The van der Waals surface area contributed by atoms with Crippen molar-refractivity contribution in [3.63, 3.8) is 0 Å². The summed E-state index contributed by atoms with van der Waals surface area (Å²) in [6.07, 6.45) is 3.24. The van der Waals surface area contributed by atoms with Crippen LogP contribution >= 0.6 is 0 Å². The number of piperazine rings is 1. The van der Waals surface area contributed by atoms with Crippen LogP contribution in [0.4, 0.5) is 15.0 Å². The van der Waals surface area contributed by atoms with Crippen molar-refractivity contribution in [3.05, 3.63) is 47.9 Å². The molecule has 0 saturated carbocycles. The van der Waals surface area contributed by atoms with Gasteiger partial charge < -0.3 is 15.1 Å². The van der Waals surface area contributed by atoms with Crippen LogP contribution in [0.15, 0.2) is 30.6 Å². The van der Waals surface area contributed by atoms with Gasteiger partial charge in [-0.15, -0.1) is 0 Å². The number of amides is 2. The molecule has 0 aromatic carbocycles. The van der Waals surface area contributed by atoms with Crippen molar-refractivity contribution in [1.29, 1.82) is 0 Å². The molecule has 3 rings (SSSR count). The summed E-state index contributed by atoms with van der Waals surface area (Å²) in [6, 6.07) is 4.51. The molecule has 2 aromatic heterocycles. The van der Waals surface area contributed by atoms with E-state index in [9.17, 15) is 9.18 Å². The van der Waals surface area contributed by atoms with Gasteiger partial charge in [0.25, 0.3) is 0 Å². The summed E-state index contributed by atoms with van der Waals surface area (Å²) in [5.74, 6) is 1.19. The van der Waals surface area contributed by atoms with Gasteiger partial charge in [-0.05, 0) is 25.1 Å². The predicted octanol–water partition coefficient (Wildman–Crippen LogP) is 1.35. The average Bonchev–Trinajstić information content (AvgIpc) is 2.61. The van der Waals surface area contributed by atoms with Gasteiger partial charge in [-0.3, -0.25) is 4.98 Å². The molecule has 1 saturated heterocycles. The first-order valence-electron chi connectivity index (χ1n) is 7.80. The molecule has 0 unspecified atom stereocenters. The zero-order valence-corrected chi connectivity index (χ0v) is 13.4. The molecule has 0 spiro atoms. The number of hydrogen-bond donors (Lipinski definition) is 1. The van der Waals surface area contributed by atoms with Crippen molar-refractivity contribution in [1.82, 2.24) is 25.2 Å². The van der Waals surface area contributed by atoms with Crippen LogP contribution in [0.3, 0.4) is 0 Å². The monoisotopic (exact) mass is 330 g/mol. The third kappa shape index (κ3) is 3.76. The van der Waals surface area contributed by atoms with Crippen molar-refractivity contribution < 1.29 is 9.18 Å². The topological polar surface area (TPSA) is 74.2 Å². The second kappa shape index (κ2) is 7.20. The van der Waals surface area contributed by atoms with Gasteiger partial charge >= 0.3 is 6.03 Å². The quantitative estimate of drug-likeness (QED) is 0.919. The van der Waals surface area contributed by atoms with Gasteiger partial charge in [0.15, 0.2) is 0 Å². The fourth-order valence-corrected chi connectivity index (χ4v) is 2.58. The van der Waals surface area contributed by atoms with E-state index >= 15 is 0 Å². The predicted molar refractivity (Wildman–Crippen MR) is 87.0 cm³/mol. The van der Waals surface area contributed by atoms with Crippen LogP contribution in [-0.2, 0) is 6.54 Å². The molecule has 7 nitrogen and oxygen atoms in total. The van der Waals surface area contributed by atoms with Crippen molar-refractivity contribution in [3.8, 4) is 0 Å². The number of nitrogens with zero attached hydrogens (tertiary/aromatic N) is 5. The lowest BCUT2D eigenvalue weighted by Gasteiger charge is -2.35. The lowest BCUT2D eigenvalue weighted by molar-refractivity contribution is 0.193. The minimum Gasteiger partial charge on any atom is -0.353 e. The highest BCUT2D eigenvalue weighted by Gasteiger charge is 2.22. The molecule has 2 amide bonds. The number of aromatic nitrogens is 3. The minimum atomic E-state index is -0.415. The number of hydrogen-bond acceptors (Lipinski definition) is 5. The van der Waals surface area contributed by atoms with Crippen LogP contribution in [0.1, 0.15) is 11.5 Å². The Hall–Kier alpha value is -2.77. The van der Waals surface area contributed by atoms with Crippen molar-refractivity contribution in [2.24, 2.45) is 0 Å². The summed E-state index contributed by atoms with van der Waals surface area (Å²) in [5.41, 5.74) is 0.237. The van der Waals surface area contributed by atoms with Crippen LogP contribution in [0.25, 0.3) is 0 Å². The zero-order valence-electron chi connectivity index (χ0n) is 13.4.